The Labute approximate surface area is 123 Å². The van der Waals surface area contributed by atoms with Crippen LogP contribution in [0.2, 0.25) is 0 Å². The highest BCUT2D eigenvalue weighted by Gasteiger charge is 2.08. The van der Waals surface area contributed by atoms with Gasteiger partial charge in [-0.05, 0) is 30.7 Å². The number of aromatic nitrogens is 1. The van der Waals surface area contributed by atoms with E-state index in [9.17, 15) is 4.79 Å². The van der Waals surface area contributed by atoms with Crippen molar-refractivity contribution in [2.75, 3.05) is 0 Å². The van der Waals surface area contributed by atoms with Gasteiger partial charge in [0.15, 0.2) is 11.2 Å². The van der Waals surface area contributed by atoms with E-state index >= 15 is 0 Å². The summed E-state index contributed by atoms with van der Waals surface area (Å²) in [5.74, 6) is 1.43. The molecule has 3 aromatic rings. The van der Waals surface area contributed by atoms with Gasteiger partial charge in [-0.2, -0.15) is 0 Å². The molecule has 21 heavy (non-hydrogen) atoms. The molecule has 0 saturated carbocycles. The van der Waals surface area contributed by atoms with Crippen LogP contribution in [0.4, 0.5) is 0 Å². The predicted molar refractivity (Wildman–Crippen MR) is 85.1 cm³/mol. The van der Waals surface area contributed by atoms with Crippen LogP contribution >= 0.6 is 0 Å². The lowest BCUT2D eigenvalue weighted by Gasteiger charge is -2.10. The summed E-state index contributed by atoms with van der Waals surface area (Å²) >= 11 is 0. The van der Waals surface area contributed by atoms with Gasteiger partial charge in [0, 0.05) is 17.1 Å². The first kappa shape index (κ1) is 13.4. The van der Waals surface area contributed by atoms with Gasteiger partial charge in [0.1, 0.15) is 5.75 Å². The lowest BCUT2D eigenvalue weighted by molar-refractivity contribution is 0.487. The van der Waals surface area contributed by atoms with E-state index in [-0.39, 0.29) is 5.43 Å². The van der Waals surface area contributed by atoms with Crippen LogP contribution in [-0.4, -0.2) is 4.98 Å². The number of hydrogen-bond donors (Lipinski definition) is 1. The SMILES string of the molecule is CCCc1cc(=O)c2cccc(Oc3ccccc3)c2[nH]1. The Kier molecular flexibility index (Phi) is 3.73. The molecule has 0 amide bonds. The predicted octanol–water partition coefficient (Wildman–Crippen LogP) is 4.27. The standard InChI is InChI=1S/C18H17NO2/c1-2-7-13-12-16(20)15-10-6-11-17(18(15)19-13)21-14-8-4-3-5-9-14/h3-6,8-12H,2,7H2,1H3,(H,19,20). The fraction of sp³-hybridized carbons (Fsp3) is 0.167. The van der Waals surface area contributed by atoms with Gasteiger partial charge in [0.25, 0.3) is 0 Å². The average Bonchev–Trinajstić information content (AvgIpc) is 2.50. The van der Waals surface area contributed by atoms with Crippen molar-refractivity contribution in [1.29, 1.82) is 0 Å². The van der Waals surface area contributed by atoms with Crippen molar-refractivity contribution in [3.05, 3.63) is 70.5 Å². The molecule has 0 fully saturated rings. The molecule has 0 radical (unpaired) electrons. The highest BCUT2D eigenvalue weighted by atomic mass is 16.5. The fourth-order valence-corrected chi connectivity index (χ4v) is 2.40. The third-order valence-corrected chi connectivity index (χ3v) is 3.37. The number of fused-ring (bicyclic) bond motifs is 1. The van der Waals surface area contributed by atoms with E-state index in [1.165, 1.54) is 0 Å². The Bertz CT molecular complexity index is 806. The van der Waals surface area contributed by atoms with Crippen molar-refractivity contribution in [1.82, 2.24) is 4.98 Å². The van der Waals surface area contributed by atoms with E-state index in [2.05, 4.69) is 11.9 Å². The smallest absolute Gasteiger partial charge is 0.189 e. The molecule has 0 aliphatic carbocycles. The topological polar surface area (TPSA) is 42.1 Å². The van der Waals surface area contributed by atoms with E-state index in [0.717, 1.165) is 29.8 Å². The lowest BCUT2D eigenvalue weighted by atomic mass is 10.1. The molecular formula is C18H17NO2. The lowest BCUT2D eigenvalue weighted by Crippen LogP contribution is -2.05. The zero-order valence-corrected chi connectivity index (χ0v) is 11.9. The molecule has 0 bridgehead atoms. The molecule has 0 spiro atoms. The Balaban J connectivity index is 2.12. The van der Waals surface area contributed by atoms with Crippen molar-refractivity contribution in [2.24, 2.45) is 0 Å². The first-order valence-electron chi connectivity index (χ1n) is 7.16. The van der Waals surface area contributed by atoms with E-state index in [1.807, 2.05) is 48.5 Å². The van der Waals surface area contributed by atoms with Gasteiger partial charge in [0.05, 0.1) is 5.52 Å². The first-order valence-corrected chi connectivity index (χ1v) is 7.16. The maximum atomic E-state index is 12.2. The fourth-order valence-electron chi connectivity index (χ4n) is 2.40. The molecule has 3 rings (SSSR count). The number of pyridine rings is 1. The number of aryl methyl sites for hydroxylation is 1. The number of benzene rings is 2. The highest BCUT2D eigenvalue weighted by molar-refractivity contribution is 5.84. The molecule has 0 aliphatic heterocycles. The zero-order chi connectivity index (χ0) is 14.7. The Morgan fingerprint density at radius 1 is 1.05 bits per heavy atom. The van der Waals surface area contributed by atoms with Gasteiger partial charge in [-0.25, -0.2) is 0 Å². The van der Waals surface area contributed by atoms with Crippen LogP contribution in [-0.2, 0) is 6.42 Å². The molecule has 0 saturated heterocycles. The number of aromatic amines is 1. The van der Waals surface area contributed by atoms with Crippen LogP contribution in [0.15, 0.2) is 59.4 Å². The van der Waals surface area contributed by atoms with Crippen LogP contribution < -0.4 is 10.2 Å². The van der Waals surface area contributed by atoms with Crippen molar-refractivity contribution in [3.63, 3.8) is 0 Å². The summed E-state index contributed by atoms with van der Waals surface area (Å²) in [5.41, 5.74) is 1.74. The third-order valence-electron chi connectivity index (χ3n) is 3.37. The van der Waals surface area contributed by atoms with Gasteiger partial charge in [-0.3, -0.25) is 4.79 Å². The summed E-state index contributed by atoms with van der Waals surface area (Å²) in [5, 5.41) is 0.656. The van der Waals surface area contributed by atoms with Crippen LogP contribution in [0.3, 0.4) is 0 Å². The Morgan fingerprint density at radius 2 is 1.86 bits per heavy atom. The summed E-state index contributed by atoms with van der Waals surface area (Å²) < 4.78 is 5.91. The minimum Gasteiger partial charge on any atom is -0.455 e. The average molecular weight is 279 g/mol. The summed E-state index contributed by atoms with van der Waals surface area (Å²) in [6, 6.07) is 16.8. The monoisotopic (exact) mass is 279 g/mol. The molecule has 2 aromatic carbocycles. The minimum atomic E-state index is 0.0331. The second-order valence-electron chi connectivity index (χ2n) is 5.00. The summed E-state index contributed by atoms with van der Waals surface area (Å²) in [6.45, 7) is 2.09. The number of nitrogens with one attached hydrogen (secondary N) is 1. The number of hydrogen-bond acceptors (Lipinski definition) is 2. The Morgan fingerprint density at radius 3 is 2.62 bits per heavy atom. The second kappa shape index (κ2) is 5.83. The van der Waals surface area contributed by atoms with Crippen molar-refractivity contribution >= 4 is 10.9 Å². The van der Waals surface area contributed by atoms with Gasteiger partial charge >= 0.3 is 0 Å². The highest BCUT2D eigenvalue weighted by Crippen LogP contribution is 2.27. The molecule has 1 heterocycles. The summed E-state index contributed by atoms with van der Waals surface area (Å²) in [7, 11) is 0. The zero-order valence-electron chi connectivity index (χ0n) is 11.9. The number of ether oxygens (including phenoxy) is 1. The molecule has 1 aromatic heterocycles. The van der Waals surface area contributed by atoms with E-state index in [4.69, 9.17) is 4.74 Å². The van der Waals surface area contributed by atoms with Gasteiger partial charge in [-0.15, -0.1) is 0 Å². The van der Waals surface area contributed by atoms with Crippen molar-refractivity contribution < 1.29 is 4.74 Å². The van der Waals surface area contributed by atoms with E-state index in [1.54, 1.807) is 6.07 Å². The minimum absolute atomic E-state index is 0.0331. The van der Waals surface area contributed by atoms with Gasteiger partial charge in [-0.1, -0.05) is 37.6 Å². The van der Waals surface area contributed by atoms with Crippen LogP contribution in [0.25, 0.3) is 10.9 Å². The number of rotatable bonds is 4. The molecule has 0 aliphatic rings. The molecule has 0 atom stereocenters. The van der Waals surface area contributed by atoms with Gasteiger partial charge < -0.3 is 9.72 Å². The van der Waals surface area contributed by atoms with Gasteiger partial charge in [0.2, 0.25) is 0 Å². The normalized spacial score (nSPS) is 10.7. The molecular weight excluding hydrogens is 262 g/mol. The molecule has 3 nitrogen and oxygen atoms in total. The third kappa shape index (κ3) is 2.82. The maximum absolute atomic E-state index is 12.2. The molecule has 106 valence electrons. The van der Waals surface area contributed by atoms with Crippen molar-refractivity contribution in [3.8, 4) is 11.5 Å². The van der Waals surface area contributed by atoms with Crippen LogP contribution in [0.5, 0.6) is 11.5 Å². The second-order valence-corrected chi connectivity index (χ2v) is 5.00. The molecule has 3 heteroatoms. The number of H-pyrrole nitrogens is 1. The number of para-hydroxylation sites is 2. The Hall–Kier alpha value is -2.55. The van der Waals surface area contributed by atoms with Crippen molar-refractivity contribution in [2.45, 2.75) is 19.8 Å². The summed E-state index contributed by atoms with van der Waals surface area (Å²) in [6.07, 6.45) is 1.84. The van der Waals surface area contributed by atoms with E-state index < -0.39 is 0 Å². The summed E-state index contributed by atoms with van der Waals surface area (Å²) in [4.78, 5) is 15.5. The first-order chi connectivity index (χ1) is 10.3. The van der Waals surface area contributed by atoms with Crippen LogP contribution in [0, 0.1) is 0 Å². The maximum Gasteiger partial charge on any atom is 0.189 e. The van der Waals surface area contributed by atoms with E-state index in [0.29, 0.717) is 11.1 Å². The van der Waals surface area contributed by atoms with Crippen LogP contribution in [0.1, 0.15) is 19.0 Å². The quantitative estimate of drug-likeness (QED) is 0.774. The molecule has 0 unspecified atom stereocenters. The molecule has 1 N–H and O–H groups in total. The largest absolute Gasteiger partial charge is 0.455 e.